The van der Waals surface area contributed by atoms with E-state index in [0.717, 1.165) is 25.2 Å². The molecule has 0 amide bonds. The summed E-state index contributed by atoms with van der Waals surface area (Å²) in [5, 5.41) is 0. The van der Waals surface area contributed by atoms with Crippen molar-refractivity contribution >= 4 is 0 Å². The van der Waals surface area contributed by atoms with Crippen molar-refractivity contribution in [1.29, 1.82) is 0 Å². The van der Waals surface area contributed by atoms with Gasteiger partial charge in [0.05, 0.1) is 6.61 Å². The Morgan fingerprint density at radius 2 is 1.64 bits per heavy atom. The van der Waals surface area contributed by atoms with Crippen LogP contribution in [-0.2, 0) is 10.2 Å². The maximum absolute atomic E-state index is 5.83. The maximum Gasteiger partial charge on any atom is 0.122 e. The van der Waals surface area contributed by atoms with Gasteiger partial charge in [-0.2, -0.15) is 0 Å². The molecule has 1 aromatic rings. The molecule has 0 spiro atoms. The molecule has 0 saturated carbocycles. The second-order valence-corrected chi connectivity index (χ2v) is 8.06. The third kappa shape index (κ3) is 6.39. The van der Waals surface area contributed by atoms with E-state index in [4.69, 9.17) is 9.47 Å². The number of ether oxygens (including phenoxy) is 2. The molecule has 0 aromatic heterocycles. The fraction of sp³-hybridized carbons (Fsp3) is 0.700. The lowest BCUT2D eigenvalue weighted by molar-refractivity contribution is 0.100. The Morgan fingerprint density at radius 3 is 2.18 bits per heavy atom. The van der Waals surface area contributed by atoms with Crippen LogP contribution in [0.25, 0.3) is 0 Å². The number of aryl methyl sites for hydroxylation is 1. The van der Waals surface area contributed by atoms with Gasteiger partial charge >= 0.3 is 0 Å². The Morgan fingerprint density at radius 1 is 0.955 bits per heavy atom. The first-order valence-electron chi connectivity index (χ1n) is 8.47. The summed E-state index contributed by atoms with van der Waals surface area (Å²) in [7, 11) is 0. The predicted octanol–water partition coefficient (Wildman–Crippen LogP) is 5.51. The highest BCUT2D eigenvalue weighted by molar-refractivity contribution is 5.39. The lowest BCUT2D eigenvalue weighted by atomic mass is 9.72. The molecule has 126 valence electrons. The van der Waals surface area contributed by atoms with Gasteiger partial charge in [0, 0.05) is 6.61 Å². The molecule has 0 saturated heterocycles. The number of rotatable bonds is 8. The molecule has 2 heteroatoms. The van der Waals surface area contributed by atoms with Crippen molar-refractivity contribution in [2.75, 3.05) is 19.8 Å². The number of hydrogen-bond acceptors (Lipinski definition) is 2. The minimum Gasteiger partial charge on any atom is -0.491 e. The van der Waals surface area contributed by atoms with Gasteiger partial charge in [-0.1, -0.05) is 53.7 Å². The van der Waals surface area contributed by atoms with E-state index >= 15 is 0 Å². The van der Waals surface area contributed by atoms with Gasteiger partial charge in [0.25, 0.3) is 0 Å². The fourth-order valence-electron chi connectivity index (χ4n) is 3.12. The molecule has 0 heterocycles. The molecule has 0 radical (unpaired) electrons. The highest BCUT2D eigenvalue weighted by atomic mass is 16.5. The summed E-state index contributed by atoms with van der Waals surface area (Å²) in [6.45, 7) is 17.9. The third-order valence-corrected chi connectivity index (χ3v) is 3.76. The summed E-state index contributed by atoms with van der Waals surface area (Å²) in [5.41, 5.74) is 3.08. The Balaban J connectivity index is 2.68. The van der Waals surface area contributed by atoms with Gasteiger partial charge in [-0.3, -0.25) is 0 Å². The summed E-state index contributed by atoms with van der Waals surface area (Å²) in [4.78, 5) is 0. The summed E-state index contributed by atoms with van der Waals surface area (Å²) < 4.78 is 11.3. The summed E-state index contributed by atoms with van der Waals surface area (Å²) in [6, 6.07) is 6.59. The van der Waals surface area contributed by atoms with Crippen molar-refractivity contribution in [1.82, 2.24) is 0 Å². The topological polar surface area (TPSA) is 18.5 Å². The van der Waals surface area contributed by atoms with Crippen LogP contribution in [0.5, 0.6) is 5.75 Å². The Bertz CT molecular complexity index is 455. The van der Waals surface area contributed by atoms with E-state index in [1.807, 2.05) is 0 Å². The van der Waals surface area contributed by atoms with Gasteiger partial charge in [-0.05, 0) is 47.8 Å². The Kier molecular flexibility index (Phi) is 6.93. The molecule has 0 atom stereocenters. The van der Waals surface area contributed by atoms with Crippen LogP contribution in [0.4, 0.5) is 0 Å². The average molecular weight is 306 g/mol. The zero-order chi connectivity index (χ0) is 16.8. The summed E-state index contributed by atoms with van der Waals surface area (Å²) in [5.74, 6) is 0.968. The fourth-order valence-corrected chi connectivity index (χ4v) is 3.12. The molecule has 0 aliphatic carbocycles. The van der Waals surface area contributed by atoms with Crippen LogP contribution in [0.1, 0.15) is 65.5 Å². The minimum absolute atomic E-state index is 0.172. The smallest absolute Gasteiger partial charge is 0.122 e. The molecule has 1 aromatic carbocycles. The SMILES string of the molecule is CCCOCCOc1ccc(C(C)(C)CC(C)(C)C)cc1C. The van der Waals surface area contributed by atoms with Crippen molar-refractivity contribution in [3.8, 4) is 5.75 Å². The first-order chi connectivity index (χ1) is 10.2. The predicted molar refractivity (Wildman–Crippen MR) is 94.9 cm³/mol. The van der Waals surface area contributed by atoms with Crippen molar-refractivity contribution in [3.63, 3.8) is 0 Å². The van der Waals surface area contributed by atoms with Crippen molar-refractivity contribution < 1.29 is 9.47 Å². The molecule has 1 rings (SSSR count). The Hall–Kier alpha value is -1.02. The third-order valence-electron chi connectivity index (χ3n) is 3.76. The molecule has 2 nitrogen and oxygen atoms in total. The number of benzene rings is 1. The average Bonchev–Trinajstić information content (AvgIpc) is 2.37. The molecule has 0 aliphatic rings. The van der Waals surface area contributed by atoms with Gasteiger partial charge in [0.1, 0.15) is 12.4 Å². The van der Waals surface area contributed by atoms with Crippen LogP contribution in [-0.4, -0.2) is 19.8 Å². The molecule has 0 fully saturated rings. The van der Waals surface area contributed by atoms with Gasteiger partial charge in [0.15, 0.2) is 0 Å². The van der Waals surface area contributed by atoms with Crippen LogP contribution in [0.2, 0.25) is 0 Å². The lowest BCUT2D eigenvalue weighted by Crippen LogP contribution is -2.24. The van der Waals surface area contributed by atoms with E-state index in [-0.39, 0.29) is 5.41 Å². The largest absolute Gasteiger partial charge is 0.491 e. The quantitative estimate of drug-likeness (QED) is 0.589. The van der Waals surface area contributed by atoms with Crippen LogP contribution in [0.3, 0.4) is 0 Å². The van der Waals surface area contributed by atoms with E-state index in [1.54, 1.807) is 0 Å². The lowest BCUT2D eigenvalue weighted by Gasteiger charge is -2.33. The van der Waals surface area contributed by atoms with Gasteiger partial charge < -0.3 is 9.47 Å². The summed E-state index contributed by atoms with van der Waals surface area (Å²) >= 11 is 0. The van der Waals surface area contributed by atoms with Crippen molar-refractivity contribution in [2.45, 2.75) is 66.7 Å². The molecule has 0 aliphatic heterocycles. The van der Waals surface area contributed by atoms with Crippen LogP contribution >= 0.6 is 0 Å². The highest BCUT2D eigenvalue weighted by Gasteiger charge is 2.27. The van der Waals surface area contributed by atoms with Crippen molar-refractivity contribution in [2.24, 2.45) is 5.41 Å². The van der Waals surface area contributed by atoms with E-state index in [2.05, 4.69) is 66.7 Å². The first kappa shape index (κ1) is 19.0. The zero-order valence-electron chi connectivity index (χ0n) is 15.6. The van der Waals surface area contributed by atoms with Crippen LogP contribution in [0.15, 0.2) is 18.2 Å². The van der Waals surface area contributed by atoms with Gasteiger partial charge in [0.2, 0.25) is 0 Å². The molecular weight excluding hydrogens is 272 g/mol. The Labute approximate surface area is 137 Å². The summed E-state index contributed by atoms with van der Waals surface area (Å²) in [6.07, 6.45) is 2.21. The normalized spacial score (nSPS) is 12.5. The minimum atomic E-state index is 0.172. The molecular formula is C20H34O2. The highest BCUT2D eigenvalue weighted by Crippen LogP contribution is 2.37. The second-order valence-electron chi connectivity index (χ2n) is 8.06. The van der Waals surface area contributed by atoms with E-state index in [9.17, 15) is 0 Å². The molecule has 0 bridgehead atoms. The zero-order valence-corrected chi connectivity index (χ0v) is 15.6. The van der Waals surface area contributed by atoms with E-state index in [0.29, 0.717) is 18.6 Å². The second kappa shape index (κ2) is 8.01. The van der Waals surface area contributed by atoms with E-state index < -0.39 is 0 Å². The van der Waals surface area contributed by atoms with Gasteiger partial charge in [-0.15, -0.1) is 0 Å². The van der Waals surface area contributed by atoms with Gasteiger partial charge in [-0.25, -0.2) is 0 Å². The number of hydrogen-bond donors (Lipinski definition) is 0. The van der Waals surface area contributed by atoms with Crippen molar-refractivity contribution in [3.05, 3.63) is 29.3 Å². The first-order valence-corrected chi connectivity index (χ1v) is 8.47. The van der Waals surface area contributed by atoms with Crippen LogP contribution in [0, 0.1) is 12.3 Å². The van der Waals surface area contributed by atoms with E-state index in [1.165, 1.54) is 11.1 Å². The van der Waals surface area contributed by atoms with Crippen LogP contribution < -0.4 is 4.74 Å². The maximum atomic E-state index is 5.83. The molecule has 22 heavy (non-hydrogen) atoms. The molecule has 0 unspecified atom stereocenters. The standard InChI is InChI=1S/C20H34O2/c1-8-11-21-12-13-22-18-10-9-17(14-16(18)2)20(6,7)15-19(3,4)5/h9-10,14H,8,11-13,15H2,1-7H3. The monoisotopic (exact) mass is 306 g/mol. The molecule has 0 N–H and O–H groups in total.